The molecule has 0 spiro atoms. The van der Waals surface area contributed by atoms with Crippen molar-refractivity contribution in [1.82, 2.24) is 19.7 Å². The number of anilines is 1. The number of carbonyl (C=O) groups excluding carboxylic acids is 1. The summed E-state index contributed by atoms with van der Waals surface area (Å²) in [5.74, 6) is 1.08. The molecular formula is C15H17N5O. The average Bonchev–Trinajstić information content (AvgIpc) is 3.06. The summed E-state index contributed by atoms with van der Waals surface area (Å²) in [4.78, 5) is 16.5. The van der Waals surface area contributed by atoms with Crippen LogP contribution in [0.5, 0.6) is 0 Å². The minimum atomic E-state index is -0.215. The molecule has 108 valence electrons. The van der Waals surface area contributed by atoms with Crippen LogP contribution in [0.1, 0.15) is 35.9 Å². The Labute approximate surface area is 122 Å². The van der Waals surface area contributed by atoms with Gasteiger partial charge in [0.2, 0.25) is 5.95 Å². The van der Waals surface area contributed by atoms with Gasteiger partial charge in [0.05, 0.1) is 0 Å². The molecule has 1 amide bonds. The van der Waals surface area contributed by atoms with Gasteiger partial charge in [-0.3, -0.25) is 15.2 Å². The van der Waals surface area contributed by atoms with E-state index in [0.717, 1.165) is 16.7 Å². The number of aryl methyl sites for hydroxylation is 1. The fraction of sp³-hybridized carbons (Fsp3) is 0.267. The number of hydrogen-bond acceptors (Lipinski definition) is 3. The molecule has 0 saturated heterocycles. The first kappa shape index (κ1) is 13.4. The van der Waals surface area contributed by atoms with Crippen molar-refractivity contribution >= 4 is 22.8 Å². The van der Waals surface area contributed by atoms with Crippen molar-refractivity contribution in [1.29, 1.82) is 0 Å². The predicted octanol–water partition coefficient (Wildman–Crippen LogP) is 2.67. The van der Waals surface area contributed by atoms with E-state index in [0.29, 0.717) is 11.5 Å². The summed E-state index contributed by atoms with van der Waals surface area (Å²) in [6.45, 7) is 4.02. The number of fused-ring (bicyclic) bond motifs is 1. The fourth-order valence-electron chi connectivity index (χ4n) is 2.17. The molecule has 2 heterocycles. The summed E-state index contributed by atoms with van der Waals surface area (Å²) in [5.41, 5.74) is 1.60. The molecule has 0 fully saturated rings. The summed E-state index contributed by atoms with van der Waals surface area (Å²) >= 11 is 0. The van der Waals surface area contributed by atoms with Crippen molar-refractivity contribution in [3.8, 4) is 0 Å². The van der Waals surface area contributed by atoms with Gasteiger partial charge in [0.25, 0.3) is 5.91 Å². The van der Waals surface area contributed by atoms with E-state index in [2.05, 4.69) is 20.5 Å². The molecule has 21 heavy (non-hydrogen) atoms. The lowest BCUT2D eigenvalue weighted by Crippen LogP contribution is -2.13. The molecule has 0 saturated carbocycles. The lowest BCUT2D eigenvalue weighted by Gasteiger charge is -2.03. The van der Waals surface area contributed by atoms with Gasteiger partial charge >= 0.3 is 0 Å². The Bertz CT molecular complexity index is 799. The van der Waals surface area contributed by atoms with Crippen molar-refractivity contribution in [2.75, 3.05) is 5.32 Å². The van der Waals surface area contributed by atoms with E-state index in [1.807, 2.05) is 49.9 Å². The Hall–Kier alpha value is -2.63. The standard InChI is InChI=1S/C15H17N5O/c1-9(2)13-16-15(19-18-13)17-14(21)11-5-4-10-6-7-20(3)12(10)8-11/h4-9H,1-3H3,(H2,16,17,18,19,21). The van der Waals surface area contributed by atoms with Gasteiger partial charge < -0.3 is 4.57 Å². The van der Waals surface area contributed by atoms with Crippen LogP contribution in [0, 0.1) is 0 Å². The Morgan fingerprint density at radius 2 is 2.14 bits per heavy atom. The molecule has 3 rings (SSSR count). The minimum Gasteiger partial charge on any atom is -0.351 e. The van der Waals surface area contributed by atoms with Gasteiger partial charge in [-0.25, -0.2) is 0 Å². The van der Waals surface area contributed by atoms with Gasteiger partial charge in [-0.2, -0.15) is 4.98 Å². The highest BCUT2D eigenvalue weighted by molar-refractivity contribution is 6.05. The maximum atomic E-state index is 12.3. The molecule has 6 heteroatoms. The second kappa shape index (κ2) is 5.05. The average molecular weight is 283 g/mol. The third kappa shape index (κ3) is 2.52. The topological polar surface area (TPSA) is 75.6 Å². The third-order valence-electron chi connectivity index (χ3n) is 3.43. The molecular weight excluding hydrogens is 266 g/mol. The van der Waals surface area contributed by atoms with Gasteiger partial charge in [0.1, 0.15) is 5.82 Å². The number of rotatable bonds is 3. The van der Waals surface area contributed by atoms with Gasteiger partial charge in [-0.05, 0) is 23.6 Å². The summed E-state index contributed by atoms with van der Waals surface area (Å²) < 4.78 is 1.98. The van der Waals surface area contributed by atoms with Crippen LogP contribution in [-0.4, -0.2) is 25.7 Å². The van der Waals surface area contributed by atoms with Gasteiger partial charge in [0, 0.05) is 30.2 Å². The molecule has 2 N–H and O–H groups in total. The van der Waals surface area contributed by atoms with Crippen LogP contribution in [0.3, 0.4) is 0 Å². The number of H-pyrrole nitrogens is 1. The van der Waals surface area contributed by atoms with E-state index >= 15 is 0 Å². The summed E-state index contributed by atoms with van der Waals surface area (Å²) in [5, 5.41) is 10.6. The first-order valence-corrected chi connectivity index (χ1v) is 6.83. The summed E-state index contributed by atoms with van der Waals surface area (Å²) in [7, 11) is 1.95. The molecule has 1 aromatic carbocycles. The number of aromatic amines is 1. The number of amides is 1. The van der Waals surface area contributed by atoms with Gasteiger partial charge in [-0.1, -0.05) is 19.9 Å². The molecule has 2 aromatic heterocycles. The molecule has 0 bridgehead atoms. The Morgan fingerprint density at radius 3 is 2.86 bits per heavy atom. The van der Waals surface area contributed by atoms with Gasteiger partial charge in [-0.15, -0.1) is 5.10 Å². The second-order valence-electron chi connectivity index (χ2n) is 5.35. The van der Waals surface area contributed by atoms with E-state index in [4.69, 9.17) is 0 Å². The maximum Gasteiger partial charge on any atom is 0.258 e. The predicted molar refractivity (Wildman–Crippen MR) is 81.3 cm³/mol. The normalized spacial score (nSPS) is 11.2. The van der Waals surface area contributed by atoms with E-state index < -0.39 is 0 Å². The number of carbonyl (C=O) groups is 1. The largest absolute Gasteiger partial charge is 0.351 e. The van der Waals surface area contributed by atoms with Crippen LogP contribution in [-0.2, 0) is 7.05 Å². The number of nitrogens with zero attached hydrogens (tertiary/aromatic N) is 3. The number of benzene rings is 1. The highest BCUT2D eigenvalue weighted by atomic mass is 16.1. The zero-order chi connectivity index (χ0) is 15.0. The quantitative estimate of drug-likeness (QED) is 0.776. The molecule has 0 aliphatic rings. The van der Waals surface area contributed by atoms with Crippen molar-refractivity contribution in [3.05, 3.63) is 41.9 Å². The maximum absolute atomic E-state index is 12.3. The lowest BCUT2D eigenvalue weighted by atomic mass is 10.1. The second-order valence-corrected chi connectivity index (χ2v) is 5.35. The van der Waals surface area contributed by atoms with Crippen LogP contribution < -0.4 is 5.32 Å². The van der Waals surface area contributed by atoms with Crippen LogP contribution in [0.2, 0.25) is 0 Å². The van der Waals surface area contributed by atoms with Crippen LogP contribution >= 0.6 is 0 Å². The molecule has 0 aliphatic carbocycles. The molecule has 3 aromatic rings. The van der Waals surface area contributed by atoms with E-state index in [9.17, 15) is 4.79 Å². The smallest absolute Gasteiger partial charge is 0.258 e. The molecule has 0 unspecified atom stereocenters. The van der Waals surface area contributed by atoms with E-state index in [-0.39, 0.29) is 11.8 Å². The highest BCUT2D eigenvalue weighted by Crippen LogP contribution is 2.17. The third-order valence-corrected chi connectivity index (χ3v) is 3.43. The minimum absolute atomic E-state index is 0.215. The van der Waals surface area contributed by atoms with Crippen LogP contribution in [0.15, 0.2) is 30.5 Å². The Kier molecular flexibility index (Phi) is 3.21. The van der Waals surface area contributed by atoms with E-state index in [1.165, 1.54) is 0 Å². The SMILES string of the molecule is CC(C)c1nc(NC(=O)c2ccc3ccn(C)c3c2)n[nH]1. The van der Waals surface area contributed by atoms with Crippen LogP contribution in [0.4, 0.5) is 5.95 Å². The summed E-state index contributed by atoms with van der Waals surface area (Å²) in [6, 6.07) is 7.61. The zero-order valence-electron chi connectivity index (χ0n) is 12.2. The molecule has 6 nitrogen and oxygen atoms in total. The Morgan fingerprint density at radius 1 is 1.33 bits per heavy atom. The fourth-order valence-corrected chi connectivity index (χ4v) is 2.17. The molecule has 0 radical (unpaired) electrons. The number of aromatic nitrogens is 4. The lowest BCUT2D eigenvalue weighted by molar-refractivity contribution is 0.102. The highest BCUT2D eigenvalue weighted by Gasteiger charge is 2.12. The molecule has 0 atom stereocenters. The zero-order valence-corrected chi connectivity index (χ0v) is 12.2. The van der Waals surface area contributed by atoms with Crippen molar-refractivity contribution in [3.63, 3.8) is 0 Å². The number of nitrogens with one attached hydrogen (secondary N) is 2. The van der Waals surface area contributed by atoms with Gasteiger partial charge in [0.15, 0.2) is 0 Å². The van der Waals surface area contributed by atoms with Crippen LogP contribution in [0.25, 0.3) is 10.9 Å². The first-order chi connectivity index (χ1) is 10.0. The van der Waals surface area contributed by atoms with E-state index in [1.54, 1.807) is 6.07 Å². The summed E-state index contributed by atoms with van der Waals surface area (Å²) in [6.07, 6.45) is 1.97. The molecule has 0 aliphatic heterocycles. The van der Waals surface area contributed by atoms with Crippen molar-refractivity contribution in [2.24, 2.45) is 7.05 Å². The monoisotopic (exact) mass is 283 g/mol. The first-order valence-electron chi connectivity index (χ1n) is 6.83. The van der Waals surface area contributed by atoms with Crippen molar-refractivity contribution in [2.45, 2.75) is 19.8 Å². The Balaban J connectivity index is 1.84. The van der Waals surface area contributed by atoms with Crippen molar-refractivity contribution < 1.29 is 4.79 Å². The number of hydrogen-bond donors (Lipinski definition) is 2.